The molecule has 0 radical (unpaired) electrons. The SMILES string of the molecule is c1ccc(-c2ncc(CN3CCC[C@@H](Cc4ccn[nH]4)C3)cn2)cc1. The molecule has 25 heavy (non-hydrogen) atoms. The second-order valence-electron chi connectivity index (χ2n) is 6.81. The molecule has 1 atom stereocenters. The molecule has 5 nitrogen and oxygen atoms in total. The van der Waals surface area contributed by atoms with Gasteiger partial charge in [0.15, 0.2) is 5.82 Å². The maximum Gasteiger partial charge on any atom is 0.159 e. The summed E-state index contributed by atoms with van der Waals surface area (Å²) in [5.41, 5.74) is 3.48. The lowest BCUT2D eigenvalue weighted by molar-refractivity contribution is 0.166. The third kappa shape index (κ3) is 4.12. The molecule has 0 bridgehead atoms. The molecule has 1 aromatic carbocycles. The number of hydrogen-bond donors (Lipinski definition) is 1. The number of hydrogen-bond acceptors (Lipinski definition) is 4. The molecular formula is C20H23N5. The summed E-state index contributed by atoms with van der Waals surface area (Å²) < 4.78 is 0. The van der Waals surface area contributed by atoms with Crippen LogP contribution in [0.1, 0.15) is 24.1 Å². The Morgan fingerprint density at radius 3 is 2.68 bits per heavy atom. The topological polar surface area (TPSA) is 57.7 Å². The molecule has 0 saturated carbocycles. The zero-order valence-corrected chi connectivity index (χ0v) is 14.3. The Morgan fingerprint density at radius 1 is 1.08 bits per heavy atom. The molecule has 1 fully saturated rings. The van der Waals surface area contributed by atoms with Gasteiger partial charge in [-0.25, -0.2) is 9.97 Å². The molecule has 2 aromatic heterocycles. The van der Waals surface area contributed by atoms with Gasteiger partial charge in [0.25, 0.3) is 0 Å². The van der Waals surface area contributed by atoms with Gasteiger partial charge in [0.1, 0.15) is 0 Å². The molecule has 0 unspecified atom stereocenters. The van der Waals surface area contributed by atoms with Crippen molar-refractivity contribution in [3.8, 4) is 11.4 Å². The number of nitrogens with one attached hydrogen (secondary N) is 1. The Morgan fingerprint density at radius 2 is 1.92 bits per heavy atom. The molecule has 0 aliphatic carbocycles. The normalized spacial score (nSPS) is 18.3. The first-order valence-corrected chi connectivity index (χ1v) is 8.94. The minimum absolute atomic E-state index is 0.693. The van der Waals surface area contributed by atoms with Crippen LogP contribution in [0, 0.1) is 5.92 Å². The van der Waals surface area contributed by atoms with Crippen molar-refractivity contribution >= 4 is 0 Å². The van der Waals surface area contributed by atoms with Crippen molar-refractivity contribution < 1.29 is 0 Å². The van der Waals surface area contributed by atoms with Gasteiger partial charge in [0.2, 0.25) is 0 Å². The van der Waals surface area contributed by atoms with E-state index >= 15 is 0 Å². The zero-order valence-electron chi connectivity index (χ0n) is 14.3. The summed E-state index contributed by atoms with van der Waals surface area (Å²) in [6.45, 7) is 3.20. The lowest BCUT2D eigenvalue weighted by Crippen LogP contribution is -2.35. The Balaban J connectivity index is 1.36. The van der Waals surface area contributed by atoms with Crippen molar-refractivity contribution in [2.24, 2.45) is 5.92 Å². The first-order valence-electron chi connectivity index (χ1n) is 8.94. The number of nitrogens with zero attached hydrogens (tertiary/aromatic N) is 4. The van der Waals surface area contributed by atoms with Gasteiger partial charge >= 0.3 is 0 Å². The Bertz CT molecular complexity index is 768. The summed E-state index contributed by atoms with van der Waals surface area (Å²) in [6.07, 6.45) is 9.39. The summed E-state index contributed by atoms with van der Waals surface area (Å²) in [7, 11) is 0. The van der Waals surface area contributed by atoms with Crippen LogP contribution < -0.4 is 0 Å². The van der Waals surface area contributed by atoms with E-state index in [9.17, 15) is 0 Å². The fourth-order valence-corrected chi connectivity index (χ4v) is 3.60. The van der Waals surface area contributed by atoms with Gasteiger partial charge in [-0.3, -0.25) is 10.00 Å². The van der Waals surface area contributed by atoms with E-state index in [2.05, 4.69) is 31.1 Å². The van der Waals surface area contributed by atoms with Crippen molar-refractivity contribution in [3.05, 3.63) is 66.2 Å². The first kappa shape index (κ1) is 16.0. The molecular weight excluding hydrogens is 310 g/mol. The van der Waals surface area contributed by atoms with Crippen LogP contribution in [0.4, 0.5) is 0 Å². The van der Waals surface area contributed by atoms with Gasteiger partial charge in [0.05, 0.1) is 0 Å². The minimum Gasteiger partial charge on any atom is -0.299 e. The van der Waals surface area contributed by atoms with Crippen LogP contribution in [0.25, 0.3) is 11.4 Å². The molecule has 1 saturated heterocycles. The van der Waals surface area contributed by atoms with Crippen LogP contribution in [0.15, 0.2) is 55.0 Å². The van der Waals surface area contributed by atoms with Crippen LogP contribution >= 0.6 is 0 Å². The Hall–Kier alpha value is -2.53. The molecule has 128 valence electrons. The number of H-pyrrole nitrogens is 1. The van der Waals surface area contributed by atoms with Crippen LogP contribution in [0.3, 0.4) is 0 Å². The van der Waals surface area contributed by atoms with Crippen LogP contribution in [0.5, 0.6) is 0 Å². The van der Waals surface area contributed by atoms with Crippen molar-refractivity contribution in [1.82, 2.24) is 25.1 Å². The highest BCUT2D eigenvalue weighted by Gasteiger charge is 2.20. The van der Waals surface area contributed by atoms with Gasteiger partial charge in [-0.2, -0.15) is 5.10 Å². The van der Waals surface area contributed by atoms with E-state index in [-0.39, 0.29) is 0 Å². The Labute approximate surface area is 148 Å². The number of likely N-dealkylation sites (tertiary alicyclic amines) is 1. The van der Waals surface area contributed by atoms with E-state index in [1.165, 1.54) is 24.1 Å². The fraction of sp³-hybridized carbons (Fsp3) is 0.350. The molecule has 0 spiro atoms. The highest BCUT2D eigenvalue weighted by molar-refractivity contribution is 5.53. The third-order valence-electron chi connectivity index (χ3n) is 4.81. The first-order chi connectivity index (χ1) is 12.4. The van der Waals surface area contributed by atoms with E-state index in [4.69, 9.17) is 0 Å². The highest BCUT2D eigenvalue weighted by Crippen LogP contribution is 2.21. The summed E-state index contributed by atoms with van der Waals surface area (Å²) in [6, 6.07) is 12.2. The minimum atomic E-state index is 0.693. The van der Waals surface area contributed by atoms with Gasteiger partial charge in [0, 0.05) is 48.5 Å². The lowest BCUT2D eigenvalue weighted by atomic mass is 9.93. The number of piperidine rings is 1. The predicted molar refractivity (Wildman–Crippen MR) is 97.8 cm³/mol. The van der Waals surface area contributed by atoms with E-state index in [1.54, 1.807) is 0 Å². The molecule has 5 heteroatoms. The van der Waals surface area contributed by atoms with E-state index in [1.807, 2.05) is 48.9 Å². The van der Waals surface area contributed by atoms with Crippen LogP contribution in [-0.2, 0) is 13.0 Å². The second-order valence-corrected chi connectivity index (χ2v) is 6.81. The number of benzene rings is 1. The van der Waals surface area contributed by atoms with Crippen LogP contribution in [0.2, 0.25) is 0 Å². The molecule has 0 amide bonds. The van der Waals surface area contributed by atoms with Crippen molar-refractivity contribution in [3.63, 3.8) is 0 Å². The van der Waals surface area contributed by atoms with E-state index in [0.29, 0.717) is 5.92 Å². The van der Waals surface area contributed by atoms with Gasteiger partial charge in [-0.1, -0.05) is 30.3 Å². The Kier molecular flexibility index (Phi) is 4.84. The zero-order chi connectivity index (χ0) is 16.9. The van der Waals surface area contributed by atoms with Gasteiger partial charge < -0.3 is 0 Å². The van der Waals surface area contributed by atoms with E-state index < -0.39 is 0 Å². The summed E-state index contributed by atoms with van der Waals surface area (Å²) >= 11 is 0. The van der Waals surface area contributed by atoms with Crippen LogP contribution in [-0.4, -0.2) is 38.2 Å². The number of rotatable bonds is 5. The lowest BCUT2D eigenvalue weighted by Gasteiger charge is -2.32. The quantitative estimate of drug-likeness (QED) is 0.778. The maximum absolute atomic E-state index is 4.54. The third-order valence-corrected chi connectivity index (χ3v) is 4.81. The maximum atomic E-state index is 4.54. The standard InChI is InChI=1S/C20H23N5/c1-2-6-18(7-3-1)20-21-12-17(13-22-20)15-25-10-4-5-16(14-25)11-19-8-9-23-24-19/h1-3,6-9,12-13,16H,4-5,10-11,14-15H2,(H,23,24)/t16-/m0/s1. The second kappa shape index (κ2) is 7.57. The van der Waals surface area contributed by atoms with Crippen molar-refractivity contribution in [1.29, 1.82) is 0 Å². The van der Waals surface area contributed by atoms with Gasteiger partial charge in [-0.05, 0) is 37.8 Å². The molecule has 4 rings (SSSR count). The number of aromatic amines is 1. The molecule has 3 heterocycles. The summed E-state index contributed by atoms with van der Waals surface area (Å²) in [5, 5.41) is 7.13. The smallest absolute Gasteiger partial charge is 0.159 e. The summed E-state index contributed by atoms with van der Waals surface area (Å²) in [5.74, 6) is 1.49. The number of aromatic nitrogens is 4. The fourth-order valence-electron chi connectivity index (χ4n) is 3.60. The highest BCUT2D eigenvalue weighted by atomic mass is 15.1. The average molecular weight is 333 g/mol. The molecule has 1 aliphatic heterocycles. The van der Waals surface area contributed by atoms with Gasteiger partial charge in [-0.15, -0.1) is 0 Å². The molecule has 1 aliphatic rings. The largest absolute Gasteiger partial charge is 0.299 e. The summed E-state index contributed by atoms with van der Waals surface area (Å²) in [4.78, 5) is 11.6. The molecule has 3 aromatic rings. The van der Waals surface area contributed by atoms with Crippen molar-refractivity contribution in [2.75, 3.05) is 13.1 Å². The molecule has 1 N–H and O–H groups in total. The van der Waals surface area contributed by atoms with Crippen molar-refractivity contribution in [2.45, 2.75) is 25.8 Å². The monoisotopic (exact) mass is 333 g/mol. The van der Waals surface area contributed by atoms with E-state index in [0.717, 1.165) is 37.4 Å². The predicted octanol–water partition coefficient (Wildman–Crippen LogP) is 3.32. The average Bonchev–Trinajstić information content (AvgIpc) is 3.16.